The Balaban J connectivity index is 1.43. The molecule has 0 aromatic carbocycles. The number of thiophene rings is 1. The molecule has 0 radical (unpaired) electrons. The summed E-state index contributed by atoms with van der Waals surface area (Å²) in [6, 6.07) is 3.90. The van der Waals surface area contributed by atoms with E-state index in [0.717, 1.165) is 30.6 Å². The van der Waals surface area contributed by atoms with Crippen LogP contribution in [0.5, 0.6) is 0 Å². The van der Waals surface area contributed by atoms with Crippen molar-refractivity contribution in [3.05, 3.63) is 22.4 Å². The summed E-state index contributed by atoms with van der Waals surface area (Å²) >= 11 is 1.43. The molecule has 2 aliphatic rings. The van der Waals surface area contributed by atoms with Gasteiger partial charge in [-0.05, 0) is 44.1 Å². The highest BCUT2D eigenvalue weighted by Gasteiger charge is 2.31. The van der Waals surface area contributed by atoms with E-state index in [2.05, 4.69) is 5.32 Å². The molecule has 1 aromatic heterocycles. The fourth-order valence-electron chi connectivity index (χ4n) is 3.59. The molecule has 1 aliphatic carbocycles. The summed E-state index contributed by atoms with van der Waals surface area (Å²) in [4.78, 5) is 39.3. The minimum Gasteiger partial charge on any atom is -0.452 e. The van der Waals surface area contributed by atoms with Gasteiger partial charge in [0, 0.05) is 19.1 Å². The first-order valence-electron chi connectivity index (χ1n) is 9.38. The molecule has 0 bridgehead atoms. The van der Waals surface area contributed by atoms with Crippen LogP contribution in [0.4, 0.5) is 0 Å². The van der Waals surface area contributed by atoms with Gasteiger partial charge in [0.2, 0.25) is 0 Å². The van der Waals surface area contributed by atoms with Crippen LogP contribution >= 0.6 is 11.3 Å². The normalized spacial score (nSPS) is 20.0. The smallest absolute Gasteiger partial charge is 0.309 e. The number of nitrogens with one attached hydrogen (secondary N) is 1. The molecular weight excluding hydrogens is 352 g/mol. The third kappa shape index (κ3) is 4.63. The molecular formula is C19H26N2O4S. The summed E-state index contributed by atoms with van der Waals surface area (Å²) in [6.45, 7) is 2.70. The molecule has 142 valence electrons. The van der Waals surface area contributed by atoms with Gasteiger partial charge in [0.1, 0.15) is 0 Å². The number of carbonyl (C=O) groups is 3. The van der Waals surface area contributed by atoms with Gasteiger partial charge >= 0.3 is 5.97 Å². The van der Waals surface area contributed by atoms with E-state index >= 15 is 0 Å². The van der Waals surface area contributed by atoms with Crippen LogP contribution in [-0.4, -0.2) is 47.9 Å². The van der Waals surface area contributed by atoms with Gasteiger partial charge in [-0.3, -0.25) is 14.4 Å². The maximum atomic E-state index is 12.4. The topological polar surface area (TPSA) is 75.7 Å². The van der Waals surface area contributed by atoms with Crippen LogP contribution in [0.25, 0.3) is 0 Å². The van der Waals surface area contributed by atoms with Gasteiger partial charge in [-0.15, -0.1) is 11.3 Å². The van der Waals surface area contributed by atoms with E-state index in [-0.39, 0.29) is 29.7 Å². The standard InChI is InChI=1S/C19H26N2O4S/c1-13(17(22)20-15-5-2-3-6-15)25-19(24)14-8-10-21(11-9-14)18(23)16-7-4-12-26-16/h4,7,12-15H,2-3,5-6,8-11H2,1H3,(H,20,22)/t13-/m1/s1. The van der Waals surface area contributed by atoms with Crippen molar-refractivity contribution in [2.45, 2.75) is 57.6 Å². The molecule has 1 saturated carbocycles. The Kier molecular flexibility index (Phi) is 6.29. The molecule has 2 heterocycles. The lowest BCUT2D eigenvalue weighted by Crippen LogP contribution is -2.43. The van der Waals surface area contributed by atoms with Crippen molar-refractivity contribution in [2.75, 3.05) is 13.1 Å². The summed E-state index contributed by atoms with van der Waals surface area (Å²) in [7, 11) is 0. The van der Waals surface area contributed by atoms with E-state index < -0.39 is 6.10 Å². The maximum Gasteiger partial charge on any atom is 0.309 e. The summed E-state index contributed by atoms with van der Waals surface area (Å²) in [5, 5.41) is 4.84. The molecule has 2 amide bonds. The largest absolute Gasteiger partial charge is 0.452 e. The van der Waals surface area contributed by atoms with Crippen molar-refractivity contribution >= 4 is 29.1 Å². The van der Waals surface area contributed by atoms with Gasteiger partial charge in [0.05, 0.1) is 10.8 Å². The summed E-state index contributed by atoms with van der Waals surface area (Å²) < 4.78 is 5.38. The molecule has 6 nitrogen and oxygen atoms in total. The van der Waals surface area contributed by atoms with Crippen LogP contribution in [0.15, 0.2) is 17.5 Å². The fraction of sp³-hybridized carbons (Fsp3) is 0.632. The van der Waals surface area contributed by atoms with E-state index in [1.807, 2.05) is 17.5 Å². The Hall–Kier alpha value is -1.89. The Morgan fingerprint density at radius 1 is 1.19 bits per heavy atom. The second-order valence-corrected chi connectivity index (χ2v) is 8.06. The van der Waals surface area contributed by atoms with Crippen molar-refractivity contribution in [2.24, 2.45) is 5.92 Å². The summed E-state index contributed by atoms with van der Waals surface area (Å²) in [6.07, 6.45) is 4.67. The second kappa shape index (κ2) is 8.66. The van der Waals surface area contributed by atoms with E-state index in [9.17, 15) is 14.4 Å². The Morgan fingerprint density at radius 3 is 2.50 bits per heavy atom. The van der Waals surface area contributed by atoms with E-state index in [0.29, 0.717) is 25.9 Å². The number of hydrogen-bond acceptors (Lipinski definition) is 5. The van der Waals surface area contributed by atoms with E-state index in [1.54, 1.807) is 11.8 Å². The number of esters is 1. The highest BCUT2D eigenvalue weighted by molar-refractivity contribution is 7.12. The molecule has 1 saturated heterocycles. The fourth-order valence-corrected chi connectivity index (χ4v) is 4.28. The van der Waals surface area contributed by atoms with E-state index in [4.69, 9.17) is 4.74 Å². The van der Waals surface area contributed by atoms with Crippen LogP contribution in [0, 0.1) is 5.92 Å². The average molecular weight is 378 g/mol. The molecule has 3 rings (SSSR count). The number of piperidine rings is 1. The predicted molar refractivity (Wildman–Crippen MR) is 98.9 cm³/mol. The molecule has 2 fully saturated rings. The molecule has 1 aromatic rings. The van der Waals surface area contributed by atoms with Crippen molar-refractivity contribution in [1.29, 1.82) is 0 Å². The third-order valence-electron chi connectivity index (χ3n) is 5.21. The highest BCUT2D eigenvalue weighted by atomic mass is 32.1. The van der Waals surface area contributed by atoms with Gasteiger partial charge in [-0.25, -0.2) is 0 Å². The zero-order valence-corrected chi connectivity index (χ0v) is 15.9. The Bertz CT molecular complexity index is 632. The van der Waals surface area contributed by atoms with Gasteiger partial charge < -0.3 is 15.0 Å². The number of ether oxygens (including phenoxy) is 1. The highest BCUT2D eigenvalue weighted by Crippen LogP contribution is 2.22. The van der Waals surface area contributed by atoms with Crippen molar-refractivity contribution in [3.63, 3.8) is 0 Å². The quantitative estimate of drug-likeness (QED) is 0.799. The minimum absolute atomic E-state index is 0.0242. The number of nitrogens with zero attached hydrogens (tertiary/aromatic N) is 1. The molecule has 0 spiro atoms. The maximum absolute atomic E-state index is 12.4. The lowest BCUT2D eigenvalue weighted by Gasteiger charge is -2.31. The lowest BCUT2D eigenvalue weighted by molar-refractivity contribution is -0.160. The predicted octanol–water partition coefficient (Wildman–Crippen LogP) is 2.59. The SMILES string of the molecule is C[C@@H](OC(=O)C1CCN(C(=O)c2cccs2)CC1)C(=O)NC1CCCC1. The number of hydrogen-bond donors (Lipinski definition) is 1. The third-order valence-corrected chi connectivity index (χ3v) is 6.07. The summed E-state index contributed by atoms with van der Waals surface area (Å²) in [5.41, 5.74) is 0. The zero-order chi connectivity index (χ0) is 18.5. The monoisotopic (exact) mass is 378 g/mol. The molecule has 1 aliphatic heterocycles. The number of likely N-dealkylation sites (tertiary alicyclic amines) is 1. The van der Waals surface area contributed by atoms with Gasteiger partial charge in [0.25, 0.3) is 11.8 Å². The number of rotatable bonds is 5. The average Bonchev–Trinajstić information content (AvgIpc) is 3.35. The van der Waals surface area contributed by atoms with E-state index in [1.165, 1.54) is 11.3 Å². The minimum atomic E-state index is -0.770. The van der Waals surface area contributed by atoms with Gasteiger partial charge in [0.15, 0.2) is 6.10 Å². The van der Waals surface area contributed by atoms with Crippen molar-refractivity contribution in [1.82, 2.24) is 10.2 Å². The molecule has 1 atom stereocenters. The molecule has 1 N–H and O–H groups in total. The Morgan fingerprint density at radius 2 is 1.88 bits per heavy atom. The van der Waals surface area contributed by atoms with Crippen LogP contribution < -0.4 is 5.32 Å². The van der Waals surface area contributed by atoms with Gasteiger partial charge in [-0.1, -0.05) is 18.9 Å². The molecule has 0 unspecified atom stereocenters. The summed E-state index contributed by atoms with van der Waals surface area (Å²) in [5.74, 6) is -0.766. The van der Waals surface area contributed by atoms with Gasteiger partial charge in [-0.2, -0.15) is 0 Å². The number of carbonyl (C=O) groups excluding carboxylic acids is 3. The molecule has 7 heteroatoms. The zero-order valence-electron chi connectivity index (χ0n) is 15.1. The van der Waals surface area contributed by atoms with Crippen molar-refractivity contribution in [3.8, 4) is 0 Å². The van der Waals surface area contributed by atoms with Crippen LogP contribution in [0.3, 0.4) is 0 Å². The number of amides is 2. The first kappa shape index (κ1) is 18.9. The first-order valence-corrected chi connectivity index (χ1v) is 10.3. The lowest BCUT2D eigenvalue weighted by atomic mass is 9.97. The van der Waals surface area contributed by atoms with Crippen LogP contribution in [0.1, 0.15) is 55.1 Å². The van der Waals surface area contributed by atoms with Crippen LogP contribution in [0.2, 0.25) is 0 Å². The first-order chi connectivity index (χ1) is 12.5. The Labute approximate surface area is 157 Å². The van der Waals surface area contributed by atoms with Crippen molar-refractivity contribution < 1.29 is 19.1 Å². The van der Waals surface area contributed by atoms with Crippen LogP contribution in [-0.2, 0) is 14.3 Å². The second-order valence-electron chi connectivity index (χ2n) is 7.11. The molecule has 26 heavy (non-hydrogen) atoms.